The molecule has 0 aliphatic carbocycles. The van der Waals surface area contributed by atoms with Gasteiger partial charge in [0.2, 0.25) is 53.2 Å². The van der Waals surface area contributed by atoms with E-state index in [1.165, 1.54) is 31.2 Å². The Balaban J connectivity index is 3.37. The molecule has 23 nitrogen and oxygen atoms in total. The molecule has 1 aromatic carbocycles. The van der Waals surface area contributed by atoms with Gasteiger partial charge in [-0.1, -0.05) is 66.5 Å². The van der Waals surface area contributed by atoms with Gasteiger partial charge in [-0.3, -0.25) is 43.2 Å². The predicted octanol–water partition coefficient (Wildman–Crippen LogP) is -3.75. The van der Waals surface area contributed by atoms with Gasteiger partial charge in [-0.05, 0) is 42.4 Å². The minimum atomic E-state index is -1.66. The van der Waals surface area contributed by atoms with Crippen LogP contribution in [0.1, 0.15) is 79.7 Å². The summed E-state index contributed by atoms with van der Waals surface area (Å²) in [6, 6.07) is -5.67. The fraction of sp³-hybridized carbons (Fsp3) is 0.600. The summed E-state index contributed by atoms with van der Waals surface area (Å²) in [5.74, 6) is -11.5. The second-order valence-electron chi connectivity index (χ2n) is 15.7. The van der Waals surface area contributed by atoms with Gasteiger partial charge >= 0.3 is 5.97 Å². The Labute approximate surface area is 365 Å². The van der Waals surface area contributed by atoms with E-state index in [0.29, 0.717) is 18.4 Å². The minimum Gasteiger partial charge on any atom is -0.508 e. The molecule has 9 amide bonds. The highest BCUT2D eigenvalue weighted by atomic mass is 16.4. The lowest BCUT2D eigenvalue weighted by Gasteiger charge is -2.31. The van der Waals surface area contributed by atoms with Crippen LogP contribution in [0.15, 0.2) is 24.3 Å². The number of carbonyl (C=O) groups is 10. The Kier molecular flexibility index (Phi) is 22.7. The van der Waals surface area contributed by atoms with Crippen molar-refractivity contribution in [3.8, 4) is 5.75 Å². The first-order chi connectivity index (χ1) is 29.4. The van der Waals surface area contributed by atoms with Crippen LogP contribution in [0.4, 0.5) is 0 Å². The number of carboxylic acid groups (broad SMARTS) is 1. The lowest BCUT2D eigenvalue weighted by molar-refractivity contribution is -0.143. The van der Waals surface area contributed by atoms with Crippen LogP contribution in [0, 0.1) is 17.8 Å². The summed E-state index contributed by atoms with van der Waals surface area (Å²) in [4.78, 5) is 129. The highest BCUT2D eigenvalue weighted by molar-refractivity contribution is 5.99. The molecule has 352 valence electrons. The van der Waals surface area contributed by atoms with Crippen molar-refractivity contribution >= 4 is 59.1 Å². The number of hydrogen-bond acceptors (Lipinski definition) is 13. The number of nitrogens with two attached hydrogens (primary N) is 3. The summed E-state index contributed by atoms with van der Waals surface area (Å²) in [7, 11) is 0. The molecule has 1 aromatic rings. The highest BCUT2D eigenvalue weighted by Gasteiger charge is 2.37. The van der Waals surface area contributed by atoms with Gasteiger partial charge in [-0.25, -0.2) is 4.79 Å². The third kappa shape index (κ3) is 18.3. The van der Waals surface area contributed by atoms with Crippen LogP contribution in [0.3, 0.4) is 0 Å². The molecule has 16 N–H and O–H groups in total. The predicted molar refractivity (Wildman–Crippen MR) is 225 cm³/mol. The molecule has 0 heterocycles. The monoisotopic (exact) mass is 892 g/mol. The third-order valence-electron chi connectivity index (χ3n) is 10.2. The van der Waals surface area contributed by atoms with Crippen LogP contribution in [-0.2, 0) is 54.4 Å². The SMILES string of the molecule is CC[C@H](C)[C@H](NC(=O)[C@H](C)NC(=O)[C@H](CC(N)=O)NC(=O)[C@@H](N)CC(N)=O)C(=O)N[C@H](C(=O)N[C@@H](Cc1ccc(O)cc1)C(=O)N[C@H](C(=O)N[C@@H](CO)C(=O)O)[C@@H](C)CC)C(C)C. The van der Waals surface area contributed by atoms with Gasteiger partial charge in [0.1, 0.15) is 48.0 Å². The Morgan fingerprint density at radius 3 is 1.44 bits per heavy atom. The number of carboxylic acids is 1. The van der Waals surface area contributed by atoms with Crippen molar-refractivity contribution in [3.63, 3.8) is 0 Å². The summed E-state index contributed by atoms with van der Waals surface area (Å²) in [5, 5.41) is 45.8. The Morgan fingerprint density at radius 1 is 0.556 bits per heavy atom. The number of phenolic OH excluding ortho intramolecular Hbond substituents is 1. The Bertz CT molecular complexity index is 1790. The van der Waals surface area contributed by atoms with E-state index < -0.39 is 145 Å². The molecule has 63 heavy (non-hydrogen) atoms. The van der Waals surface area contributed by atoms with E-state index in [2.05, 4.69) is 37.2 Å². The van der Waals surface area contributed by atoms with Gasteiger partial charge in [0, 0.05) is 6.42 Å². The Hall–Kier alpha value is -6.36. The number of carbonyl (C=O) groups excluding carboxylic acids is 9. The van der Waals surface area contributed by atoms with Gasteiger partial charge in [0.15, 0.2) is 0 Å². The maximum Gasteiger partial charge on any atom is 0.328 e. The first kappa shape index (κ1) is 54.7. The number of aromatic hydroxyl groups is 1. The number of benzene rings is 1. The minimum absolute atomic E-state index is 0.0730. The number of primary amides is 2. The van der Waals surface area contributed by atoms with E-state index in [0.717, 1.165) is 0 Å². The van der Waals surface area contributed by atoms with Gasteiger partial charge in [0.25, 0.3) is 0 Å². The summed E-state index contributed by atoms with van der Waals surface area (Å²) in [6.45, 7) is 10.3. The molecule has 0 aliphatic heterocycles. The van der Waals surface area contributed by atoms with Gasteiger partial charge in [-0.15, -0.1) is 0 Å². The molecular weight excluding hydrogens is 828 g/mol. The first-order valence-electron chi connectivity index (χ1n) is 20.4. The van der Waals surface area contributed by atoms with Gasteiger partial charge in [-0.2, -0.15) is 0 Å². The number of aliphatic hydroxyl groups excluding tert-OH is 1. The van der Waals surface area contributed by atoms with Crippen LogP contribution >= 0.6 is 0 Å². The molecule has 0 fully saturated rings. The molecule has 0 radical (unpaired) electrons. The summed E-state index contributed by atoms with van der Waals surface area (Å²) in [6.07, 6.45) is -0.726. The van der Waals surface area contributed by atoms with E-state index >= 15 is 0 Å². The van der Waals surface area contributed by atoms with Crippen LogP contribution in [0.25, 0.3) is 0 Å². The topological polar surface area (TPSA) is 394 Å². The third-order valence-corrected chi connectivity index (χ3v) is 10.2. The molecule has 0 saturated heterocycles. The molecular formula is C40H64N10O13. The maximum atomic E-state index is 14.0. The highest BCUT2D eigenvalue weighted by Crippen LogP contribution is 2.15. The zero-order valence-corrected chi connectivity index (χ0v) is 36.6. The number of phenols is 1. The fourth-order valence-electron chi connectivity index (χ4n) is 5.88. The van der Waals surface area contributed by atoms with Crippen molar-refractivity contribution in [3.05, 3.63) is 29.8 Å². The number of nitrogens with one attached hydrogen (secondary N) is 7. The van der Waals surface area contributed by atoms with E-state index in [1.807, 2.05) is 0 Å². The second kappa shape index (κ2) is 26.2. The smallest absolute Gasteiger partial charge is 0.328 e. The van der Waals surface area contributed by atoms with Crippen LogP contribution < -0.4 is 54.4 Å². The van der Waals surface area contributed by atoms with Crippen molar-refractivity contribution in [2.24, 2.45) is 35.0 Å². The molecule has 1 rings (SSSR count). The largest absolute Gasteiger partial charge is 0.508 e. The summed E-state index contributed by atoms with van der Waals surface area (Å²) < 4.78 is 0. The number of aliphatic hydroxyl groups is 1. The average Bonchev–Trinajstić information content (AvgIpc) is 3.21. The van der Waals surface area contributed by atoms with Crippen molar-refractivity contribution in [2.75, 3.05) is 6.61 Å². The molecule has 0 saturated carbocycles. The number of aliphatic carboxylic acids is 1. The summed E-state index contributed by atoms with van der Waals surface area (Å²) in [5.41, 5.74) is 16.4. The van der Waals surface area contributed by atoms with Crippen molar-refractivity contribution in [2.45, 2.75) is 129 Å². The zero-order chi connectivity index (χ0) is 48.3. The quantitative estimate of drug-likeness (QED) is 0.0404. The van der Waals surface area contributed by atoms with Gasteiger partial charge in [0.05, 0.1) is 25.5 Å². The standard InChI is InChI=1S/C40H64N10O13/c1-8-19(5)31(38(60)47-27(17-51)40(62)63)50-36(58)25(14-22-10-12-23(52)13-11-22)46-37(59)30(18(3)4)48-39(61)32(20(6)9-2)49-33(55)21(7)44-35(57)26(16-29(43)54)45-34(56)24(41)15-28(42)53/h10-13,18-21,24-27,30-32,51-52H,8-9,14-17,41H2,1-7H3,(H2,42,53)(H2,43,54)(H,44,57)(H,45,56)(H,46,59)(H,47,60)(H,48,61)(H,49,55)(H,50,58)(H,62,63)/t19-,20-,21-,24-,25-,26-,27-,30-,31-,32-/m0/s1. The van der Waals surface area contributed by atoms with E-state index in [-0.39, 0.29) is 12.2 Å². The number of hydrogen-bond donors (Lipinski definition) is 13. The van der Waals surface area contributed by atoms with E-state index in [1.54, 1.807) is 41.5 Å². The van der Waals surface area contributed by atoms with Crippen molar-refractivity contribution in [1.82, 2.24) is 37.2 Å². The normalized spacial score (nSPS) is 15.8. The second-order valence-corrected chi connectivity index (χ2v) is 15.7. The van der Waals surface area contributed by atoms with Crippen molar-refractivity contribution in [1.29, 1.82) is 0 Å². The summed E-state index contributed by atoms with van der Waals surface area (Å²) >= 11 is 0. The average molecular weight is 893 g/mol. The molecule has 10 atom stereocenters. The van der Waals surface area contributed by atoms with Crippen LogP contribution in [0.5, 0.6) is 5.75 Å². The van der Waals surface area contributed by atoms with E-state index in [9.17, 15) is 63.3 Å². The van der Waals surface area contributed by atoms with Crippen LogP contribution in [0.2, 0.25) is 0 Å². The maximum absolute atomic E-state index is 14.0. The molecule has 23 heteroatoms. The van der Waals surface area contributed by atoms with Crippen molar-refractivity contribution < 1.29 is 63.3 Å². The lowest BCUT2D eigenvalue weighted by atomic mass is 9.95. The molecule has 0 aromatic heterocycles. The fourth-order valence-corrected chi connectivity index (χ4v) is 5.88. The first-order valence-corrected chi connectivity index (χ1v) is 20.4. The zero-order valence-electron chi connectivity index (χ0n) is 36.6. The van der Waals surface area contributed by atoms with Crippen LogP contribution in [-0.4, -0.2) is 129 Å². The van der Waals surface area contributed by atoms with Gasteiger partial charge < -0.3 is 69.7 Å². The Morgan fingerprint density at radius 2 is 0.984 bits per heavy atom. The molecule has 0 bridgehead atoms. The molecule has 0 aliphatic rings. The molecule has 0 spiro atoms. The number of amides is 9. The molecule has 0 unspecified atom stereocenters. The van der Waals surface area contributed by atoms with E-state index in [4.69, 9.17) is 17.2 Å². The lowest BCUT2D eigenvalue weighted by Crippen LogP contribution is -2.62. The number of rotatable bonds is 27.